The van der Waals surface area contributed by atoms with E-state index in [2.05, 4.69) is 31.4 Å². The maximum Gasteiger partial charge on any atom is 0.253 e. The van der Waals surface area contributed by atoms with E-state index in [9.17, 15) is 9.59 Å². The molecule has 2 amide bonds. The Morgan fingerprint density at radius 1 is 1.13 bits per heavy atom. The molecule has 0 fully saturated rings. The van der Waals surface area contributed by atoms with Gasteiger partial charge in [-0.25, -0.2) is 0 Å². The van der Waals surface area contributed by atoms with Crippen molar-refractivity contribution in [1.29, 1.82) is 0 Å². The van der Waals surface area contributed by atoms with Crippen LogP contribution < -0.4 is 10.6 Å². The Kier molecular flexibility index (Phi) is 6.88. The Labute approximate surface area is 143 Å². The number of hydrogen-bond acceptors (Lipinski definition) is 3. The summed E-state index contributed by atoms with van der Waals surface area (Å²) in [6.45, 7) is 7.97. The number of amides is 2. The van der Waals surface area contributed by atoms with Crippen molar-refractivity contribution in [3.05, 3.63) is 28.8 Å². The summed E-state index contributed by atoms with van der Waals surface area (Å²) in [6.07, 6.45) is 0. The molecule has 5 nitrogen and oxygen atoms in total. The van der Waals surface area contributed by atoms with Gasteiger partial charge in [-0.15, -0.1) is 0 Å². The number of rotatable bonds is 6. The average Bonchev–Trinajstić information content (AvgIpc) is 2.47. The lowest BCUT2D eigenvalue weighted by Crippen LogP contribution is -2.44. The zero-order valence-electron chi connectivity index (χ0n) is 14.6. The molecule has 0 radical (unpaired) electrons. The van der Waals surface area contributed by atoms with Gasteiger partial charge in [-0.1, -0.05) is 25.4 Å². The minimum absolute atomic E-state index is 0.169. The van der Waals surface area contributed by atoms with Crippen molar-refractivity contribution in [3.8, 4) is 0 Å². The Bertz CT molecular complexity index is 573. The highest BCUT2D eigenvalue weighted by atomic mass is 35.5. The van der Waals surface area contributed by atoms with E-state index in [1.165, 1.54) is 4.90 Å². The van der Waals surface area contributed by atoms with Gasteiger partial charge in [0.2, 0.25) is 5.91 Å². The first kappa shape index (κ1) is 19.3. The van der Waals surface area contributed by atoms with Gasteiger partial charge in [-0.2, -0.15) is 0 Å². The SMILES string of the molecule is CC(C)[C@@H](C)Nc1ccc(Cl)c(C(=O)N[C@H](C)C(=O)N(C)C)c1. The number of nitrogens with one attached hydrogen (secondary N) is 2. The van der Waals surface area contributed by atoms with Crippen LogP contribution in [0.4, 0.5) is 5.69 Å². The maximum absolute atomic E-state index is 12.4. The molecule has 0 heterocycles. The fourth-order valence-corrected chi connectivity index (χ4v) is 2.15. The molecule has 0 aliphatic heterocycles. The van der Waals surface area contributed by atoms with Crippen molar-refractivity contribution in [2.45, 2.75) is 39.8 Å². The summed E-state index contributed by atoms with van der Waals surface area (Å²) in [5.41, 5.74) is 1.18. The molecule has 0 saturated heterocycles. The molecule has 0 aliphatic rings. The van der Waals surface area contributed by atoms with Crippen molar-refractivity contribution in [3.63, 3.8) is 0 Å². The van der Waals surface area contributed by atoms with Crippen molar-refractivity contribution >= 4 is 29.1 Å². The van der Waals surface area contributed by atoms with Crippen LogP contribution in [-0.2, 0) is 4.79 Å². The van der Waals surface area contributed by atoms with Crippen LogP contribution in [0.5, 0.6) is 0 Å². The standard InChI is InChI=1S/C17H26ClN3O2/c1-10(2)11(3)19-13-7-8-15(18)14(9-13)16(22)20-12(4)17(23)21(5)6/h7-12,19H,1-6H3,(H,20,22)/t11-,12-/m1/s1. The highest BCUT2D eigenvalue weighted by Crippen LogP contribution is 2.22. The second-order valence-corrected chi connectivity index (χ2v) is 6.71. The number of anilines is 1. The summed E-state index contributed by atoms with van der Waals surface area (Å²) in [5.74, 6) is -0.0728. The fraction of sp³-hybridized carbons (Fsp3) is 0.529. The molecule has 0 aromatic heterocycles. The van der Waals surface area contributed by atoms with Crippen molar-refractivity contribution in [2.75, 3.05) is 19.4 Å². The van der Waals surface area contributed by atoms with Crippen molar-refractivity contribution in [2.24, 2.45) is 5.92 Å². The van der Waals surface area contributed by atoms with Crippen LogP contribution in [0, 0.1) is 5.92 Å². The number of nitrogens with zero attached hydrogens (tertiary/aromatic N) is 1. The van der Waals surface area contributed by atoms with Gasteiger partial charge in [-0.3, -0.25) is 9.59 Å². The molecule has 0 saturated carbocycles. The summed E-state index contributed by atoms with van der Waals surface area (Å²) in [4.78, 5) is 25.7. The summed E-state index contributed by atoms with van der Waals surface area (Å²) in [7, 11) is 3.30. The molecule has 0 aliphatic carbocycles. The van der Waals surface area contributed by atoms with Crippen LogP contribution in [0.1, 0.15) is 38.1 Å². The molecule has 0 unspecified atom stereocenters. The molecule has 1 aromatic rings. The maximum atomic E-state index is 12.4. The minimum Gasteiger partial charge on any atom is -0.382 e. The van der Waals surface area contributed by atoms with Crippen LogP contribution in [0.3, 0.4) is 0 Å². The second-order valence-electron chi connectivity index (χ2n) is 6.30. The Morgan fingerprint density at radius 2 is 1.74 bits per heavy atom. The van der Waals surface area contributed by atoms with Gasteiger partial charge in [0.05, 0.1) is 10.6 Å². The quantitative estimate of drug-likeness (QED) is 0.837. The first-order chi connectivity index (χ1) is 10.6. The smallest absolute Gasteiger partial charge is 0.253 e. The van der Waals surface area contributed by atoms with E-state index in [-0.39, 0.29) is 17.9 Å². The second kappa shape index (κ2) is 8.20. The predicted molar refractivity (Wildman–Crippen MR) is 95.0 cm³/mol. The van der Waals surface area contributed by atoms with E-state index < -0.39 is 6.04 Å². The summed E-state index contributed by atoms with van der Waals surface area (Å²) in [5, 5.41) is 6.38. The number of halogens is 1. The highest BCUT2D eigenvalue weighted by molar-refractivity contribution is 6.34. The minimum atomic E-state index is -0.611. The Morgan fingerprint density at radius 3 is 2.26 bits per heavy atom. The van der Waals surface area contributed by atoms with Crippen LogP contribution in [0.2, 0.25) is 5.02 Å². The first-order valence-electron chi connectivity index (χ1n) is 7.71. The fourth-order valence-electron chi connectivity index (χ4n) is 1.94. The van der Waals surface area contributed by atoms with Gasteiger partial charge in [0.1, 0.15) is 6.04 Å². The molecule has 23 heavy (non-hydrogen) atoms. The molecule has 2 atom stereocenters. The Hall–Kier alpha value is -1.75. The third-order valence-electron chi connectivity index (χ3n) is 3.76. The van der Waals surface area contributed by atoms with E-state index >= 15 is 0 Å². The van der Waals surface area contributed by atoms with E-state index in [0.717, 1.165) is 5.69 Å². The molecular weight excluding hydrogens is 314 g/mol. The van der Waals surface area contributed by atoms with Gasteiger partial charge in [0.25, 0.3) is 5.91 Å². The lowest BCUT2D eigenvalue weighted by Gasteiger charge is -2.20. The van der Waals surface area contributed by atoms with Gasteiger partial charge < -0.3 is 15.5 Å². The normalized spacial score (nSPS) is 13.4. The molecule has 2 N–H and O–H groups in total. The molecule has 1 rings (SSSR count). The van der Waals surface area contributed by atoms with Gasteiger partial charge in [0, 0.05) is 25.8 Å². The Balaban J connectivity index is 2.90. The molecule has 0 bridgehead atoms. The number of carbonyl (C=O) groups excluding carboxylic acids is 2. The van der Waals surface area contributed by atoms with Crippen LogP contribution in [0.15, 0.2) is 18.2 Å². The molecular formula is C17H26ClN3O2. The first-order valence-corrected chi connectivity index (χ1v) is 8.09. The lowest BCUT2D eigenvalue weighted by molar-refractivity contribution is -0.130. The van der Waals surface area contributed by atoms with Crippen LogP contribution in [-0.4, -0.2) is 42.9 Å². The van der Waals surface area contributed by atoms with Crippen LogP contribution in [0.25, 0.3) is 0 Å². The zero-order valence-corrected chi connectivity index (χ0v) is 15.4. The van der Waals surface area contributed by atoms with Crippen molar-refractivity contribution < 1.29 is 9.59 Å². The highest BCUT2D eigenvalue weighted by Gasteiger charge is 2.20. The average molecular weight is 340 g/mol. The third-order valence-corrected chi connectivity index (χ3v) is 4.09. The van der Waals surface area contributed by atoms with Crippen LogP contribution >= 0.6 is 11.6 Å². The lowest BCUT2D eigenvalue weighted by atomic mass is 10.1. The van der Waals surface area contributed by atoms with Crippen molar-refractivity contribution in [1.82, 2.24) is 10.2 Å². The topological polar surface area (TPSA) is 61.4 Å². The van der Waals surface area contributed by atoms with E-state index in [1.54, 1.807) is 33.2 Å². The third kappa shape index (κ3) is 5.43. The summed E-state index contributed by atoms with van der Waals surface area (Å²) in [6, 6.07) is 4.89. The van der Waals surface area contributed by atoms with Gasteiger partial charge >= 0.3 is 0 Å². The summed E-state index contributed by atoms with van der Waals surface area (Å²) < 4.78 is 0. The number of carbonyl (C=O) groups is 2. The van der Waals surface area contributed by atoms with E-state index in [1.807, 2.05) is 6.07 Å². The monoisotopic (exact) mass is 339 g/mol. The van der Waals surface area contributed by atoms with Gasteiger partial charge in [0.15, 0.2) is 0 Å². The largest absolute Gasteiger partial charge is 0.382 e. The molecule has 1 aromatic carbocycles. The number of likely N-dealkylation sites (N-methyl/N-ethyl adjacent to an activating group) is 1. The van der Waals surface area contributed by atoms with E-state index in [4.69, 9.17) is 11.6 Å². The zero-order chi connectivity index (χ0) is 17.7. The molecule has 0 spiro atoms. The van der Waals surface area contributed by atoms with Gasteiger partial charge in [-0.05, 0) is 38.0 Å². The molecule has 6 heteroatoms. The van der Waals surface area contributed by atoms with E-state index in [0.29, 0.717) is 16.5 Å². The number of hydrogen-bond donors (Lipinski definition) is 2. The summed E-state index contributed by atoms with van der Waals surface area (Å²) >= 11 is 6.13. The predicted octanol–water partition coefficient (Wildman–Crippen LogP) is 3.00. The molecule has 128 valence electrons. The number of benzene rings is 1.